The second-order valence-corrected chi connectivity index (χ2v) is 16.8. The lowest BCUT2D eigenvalue weighted by atomic mass is 10.0. The summed E-state index contributed by atoms with van der Waals surface area (Å²) in [4.78, 5) is 26.1. The van der Waals surface area contributed by atoms with Crippen LogP contribution in [0.2, 0.25) is 18.1 Å². The van der Waals surface area contributed by atoms with Crippen LogP contribution in [0.5, 0.6) is 5.88 Å². The number of anilines is 3. The third-order valence-electron chi connectivity index (χ3n) is 7.70. The van der Waals surface area contributed by atoms with E-state index in [-0.39, 0.29) is 10.7 Å². The fraction of sp³-hybridized carbons (Fsp3) is 0.467. The minimum atomic E-state index is -4.67. The second kappa shape index (κ2) is 13.5. The third-order valence-corrected chi connectivity index (χ3v) is 12.2. The van der Waals surface area contributed by atoms with Gasteiger partial charge in [0.1, 0.15) is 12.4 Å². The number of pyridine rings is 1. The zero-order valence-corrected chi connectivity index (χ0v) is 26.8. The Balaban J connectivity index is 1.52. The molecule has 1 aliphatic rings. The number of rotatable bonds is 9. The first-order valence-corrected chi connectivity index (χ1v) is 17.2. The number of amides is 2. The van der Waals surface area contributed by atoms with Gasteiger partial charge < -0.3 is 29.4 Å². The number of carbonyl (C=O) groups is 1. The van der Waals surface area contributed by atoms with Gasteiger partial charge in [-0.3, -0.25) is 0 Å². The minimum absolute atomic E-state index is 0.0199. The zero-order chi connectivity index (χ0) is 32.1. The lowest BCUT2D eigenvalue weighted by molar-refractivity contribution is -0.144. The lowest BCUT2D eigenvalue weighted by Crippen LogP contribution is -2.41. The Morgan fingerprint density at radius 1 is 1.00 bits per heavy atom. The summed E-state index contributed by atoms with van der Waals surface area (Å²) in [5, 5.41) is 5.26. The van der Waals surface area contributed by atoms with Crippen molar-refractivity contribution in [2.24, 2.45) is 0 Å². The van der Waals surface area contributed by atoms with Crippen molar-refractivity contribution in [2.75, 3.05) is 55.1 Å². The molecule has 0 unspecified atom stereocenters. The highest BCUT2D eigenvalue weighted by Crippen LogP contribution is 2.37. The van der Waals surface area contributed by atoms with E-state index in [0.29, 0.717) is 51.1 Å². The molecule has 1 aromatic carbocycles. The van der Waals surface area contributed by atoms with Crippen LogP contribution in [-0.4, -0.2) is 68.8 Å². The molecule has 2 amide bonds. The Morgan fingerprint density at radius 2 is 1.66 bits per heavy atom. The first-order chi connectivity index (χ1) is 20.6. The normalized spacial score (nSPS) is 14.3. The predicted molar refractivity (Wildman–Crippen MR) is 166 cm³/mol. The van der Waals surface area contributed by atoms with Crippen LogP contribution in [0.3, 0.4) is 0 Å². The van der Waals surface area contributed by atoms with Crippen LogP contribution in [0.15, 0.2) is 42.7 Å². The van der Waals surface area contributed by atoms with E-state index in [0.717, 1.165) is 34.9 Å². The Labute approximate surface area is 256 Å². The number of halogens is 3. The number of carbonyl (C=O) groups excluding carboxylic acids is 1. The third kappa shape index (κ3) is 8.67. The molecule has 1 aliphatic heterocycles. The monoisotopic (exact) mass is 632 g/mol. The lowest BCUT2D eigenvalue weighted by Gasteiger charge is -2.36. The van der Waals surface area contributed by atoms with Crippen LogP contribution in [0.4, 0.5) is 35.2 Å². The van der Waals surface area contributed by atoms with Gasteiger partial charge in [0.15, 0.2) is 8.32 Å². The van der Waals surface area contributed by atoms with E-state index in [1.165, 1.54) is 0 Å². The van der Waals surface area contributed by atoms with Crippen LogP contribution < -0.4 is 20.3 Å². The molecule has 44 heavy (non-hydrogen) atoms. The number of hydrogen-bond donors (Lipinski definition) is 2. The van der Waals surface area contributed by atoms with E-state index in [2.05, 4.69) is 59.4 Å². The SMILES string of the molecule is Cc1ccc(NC(=O)Nc2cnc(C(F)(F)F)nc2)cc1-c1cc(OCCO[Si](C)(C)C(C)(C)C)nc(N2CCOCC2)c1. The van der Waals surface area contributed by atoms with Crippen molar-refractivity contribution in [3.63, 3.8) is 0 Å². The number of ether oxygens (including phenoxy) is 2. The first-order valence-electron chi connectivity index (χ1n) is 14.3. The summed E-state index contributed by atoms with van der Waals surface area (Å²) in [7, 11) is -1.92. The summed E-state index contributed by atoms with van der Waals surface area (Å²) in [5.41, 5.74) is 3.15. The van der Waals surface area contributed by atoms with Gasteiger partial charge >= 0.3 is 12.2 Å². The molecule has 238 valence electrons. The molecule has 10 nitrogen and oxygen atoms in total. The highest BCUT2D eigenvalue weighted by molar-refractivity contribution is 6.74. The molecule has 3 aromatic rings. The highest BCUT2D eigenvalue weighted by atomic mass is 28.4. The Hall–Kier alpha value is -3.75. The summed E-state index contributed by atoms with van der Waals surface area (Å²) in [6.07, 6.45) is -2.87. The number of urea groups is 1. The van der Waals surface area contributed by atoms with Gasteiger partial charge in [0.05, 0.1) is 37.9 Å². The first kappa shape index (κ1) is 33.1. The number of nitrogens with one attached hydrogen (secondary N) is 2. The van der Waals surface area contributed by atoms with Crippen molar-refractivity contribution in [1.82, 2.24) is 15.0 Å². The smallest absolute Gasteiger partial charge is 0.451 e. The number of aryl methyl sites for hydroxylation is 1. The van der Waals surface area contributed by atoms with Crippen LogP contribution in [0.25, 0.3) is 11.1 Å². The van der Waals surface area contributed by atoms with Gasteiger partial charge in [-0.1, -0.05) is 26.8 Å². The van der Waals surface area contributed by atoms with Gasteiger partial charge in [0.25, 0.3) is 0 Å². The van der Waals surface area contributed by atoms with Gasteiger partial charge in [0.2, 0.25) is 11.7 Å². The van der Waals surface area contributed by atoms with E-state index in [9.17, 15) is 18.0 Å². The zero-order valence-electron chi connectivity index (χ0n) is 25.8. The second-order valence-electron chi connectivity index (χ2n) is 12.0. The summed E-state index contributed by atoms with van der Waals surface area (Å²) < 4.78 is 56.1. The van der Waals surface area contributed by atoms with Crippen molar-refractivity contribution in [3.05, 3.63) is 54.1 Å². The van der Waals surface area contributed by atoms with Crippen molar-refractivity contribution < 1.29 is 31.9 Å². The van der Waals surface area contributed by atoms with E-state index in [1.807, 2.05) is 31.2 Å². The van der Waals surface area contributed by atoms with Gasteiger partial charge in [-0.2, -0.15) is 18.2 Å². The number of alkyl halides is 3. The molecule has 0 spiro atoms. The van der Waals surface area contributed by atoms with Crippen molar-refractivity contribution in [3.8, 4) is 17.0 Å². The van der Waals surface area contributed by atoms with Gasteiger partial charge in [-0.25, -0.2) is 14.8 Å². The van der Waals surface area contributed by atoms with E-state index < -0.39 is 26.3 Å². The molecule has 0 aliphatic carbocycles. The van der Waals surface area contributed by atoms with Gasteiger partial charge in [0, 0.05) is 24.8 Å². The number of morpholine rings is 1. The van der Waals surface area contributed by atoms with Gasteiger partial charge in [-0.15, -0.1) is 0 Å². The van der Waals surface area contributed by atoms with Crippen LogP contribution in [0.1, 0.15) is 32.2 Å². The van der Waals surface area contributed by atoms with E-state index in [4.69, 9.17) is 18.9 Å². The Bertz CT molecular complexity index is 1440. The number of hydrogen-bond acceptors (Lipinski definition) is 8. The average molecular weight is 633 g/mol. The predicted octanol–water partition coefficient (Wildman–Crippen LogP) is 6.75. The molecule has 2 N–H and O–H groups in total. The van der Waals surface area contributed by atoms with Gasteiger partial charge in [-0.05, 0) is 59.9 Å². The average Bonchev–Trinajstić information content (AvgIpc) is 2.96. The fourth-order valence-corrected chi connectivity index (χ4v) is 5.20. The summed E-state index contributed by atoms with van der Waals surface area (Å²) in [6, 6.07) is 8.62. The van der Waals surface area contributed by atoms with E-state index >= 15 is 0 Å². The molecular formula is C30H39F3N6O4Si. The van der Waals surface area contributed by atoms with Crippen molar-refractivity contribution >= 4 is 31.5 Å². The quantitative estimate of drug-likeness (QED) is 0.197. The molecule has 3 heterocycles. The molecule has 0 radical (unpaired) electrons. The van der Waals surface area contributed by atoms with Crippen LogP contribution in [0, 0.1) is 6.92 Å². The molecule has 0 saturated carbocycles. The molecule has 1 saturated heterocycles. The minimum Gasteiger partial charge on any atom is -0.475 e. The number of aromatic nitrogens is 3. The molecular weight excluding hydrogens is 593 g/mol. The topological polar surface area (TPSA) is 111 Å². The maximum atomic E-state index is 12.7. The maximum Gasteiger partial charge on any atom is 0.451 e. The molecule has 0 bridgehead atoms. The maximum absolute atomic E-state index is 12.7. The molecule has 4 rings (SSSR count). The standard InChI is InChI=1S/C30H39F3N6O4Si/c1-20-7-8-22(36-28(40)37-23-18-34-27(35-19-23)30(31,32)33)17-24(20)21-15-25(39-9-11-41-12-10-39)38-26(16-21)42-13-14-43-44(5,6)29(2,3)4/h7-8,15-19H,9-14H2,1-6H3,(H2,36,37,40). The van der Waals surface area contributed by atoms with E-state index in [1.54, 1.807) is 6.07 Å². The molecule has 0 atom stereocenters. The van der Waals surface area contributed by atoms with Crippen LogP contribution >= 0.6 is 0 Å². The number of benzene rings is 1. The summed E-state index contributed by atoms with van der Waals surface area (Å²) in [5.74, 6) is -0.0727. The molecule has 1 fully saturated rings. The molecule has 14 heteroatoms. The van der Waals surface area contributed by atoms with Crippen molar-refractivity contribution in [2.45, 2.75) is 52.0 Å². The number of nitrogens with zero attached hydrogens (tertiary/aromatic N) is 4. The Morgan fingerprint density at radius 3 is 2.30 bits per heavy atom. The summed E-state index contributed by atoms with van der Waals surface area (Å²) >= 11 is 0. The summed E-state index contributed by atoms with van der Waals surface area (Å²) in [6.45, 7) is 16.3. The largest absolute Gasteiger partial charge is 0.475 e. The Kier molecular flexibility index (Phi) is 10.2. The molecule has 2 aromatic heterocycles. The van der Waals surface area contributed by atoms with Crippen molar-refractivity contribution in [1.29, 1.82) is 0 Å². The highest BCUT2D eigenvalue weighted by Gasteiger charge is 2.37. The fourth-order valence-electron chi connectivity index (χ4n) is 4.18. The van der Waals surface area contributed by atoms with Crippen LogP contribution in [-0.2, 0) is 15.3 Å².